The summed E-state index contributed by atoms with van der Waals surface area (Å²) >= 11 is 17.4. The predicted octanol–water partition coefficient (Wildman–Crippen LogP) is 5.78. The first-order valence-corrected chi connectivity index (χ1v) is 6.47. The van der Waals surface area contributed by atoms with Crippen LogP contribution in [0.15, 0.2) is 59.8 Å². The summed E-state index contributed by atoms with van der Waals surface area (Å²) in [6.07, 6.45) is 0. The van der Waals surface area contributed by atoms with Crippen molar-refractivity contribution >= 4 is 40.4 Å². The highest BCUT2D eigenvalue weighted by atomic mass is 35.5. The molecule has 0 bridgehead atoms. The van der Waals surface area contributed by atoms with Gasteiger partial charge in [-0.3, -0.25) is 0 Å². The third-order valence-electron chi connectivity index (χ3n) is 2.46. The Morgan fingerprint density at radius 3 is 1.50 bits per heavy atom. The van der Waals surface area contributed by atoms with Gasteiger partial charge in [-0.05, 0) is 35.4 Å². The Morgan fingerprint density at radius 1 is 0.778 bits per heavy atom. The van der Waals surface area contributed by atoms with Gasteiger partial charge in [0.2, 0.25) is 0 Å². The first-order chi connectivity index (χ1) is 8.70. The molecule has 0 amide bonds. The van der Waals surface area contributed by atoms with Gasteiger partial charge in [-0.15, -0.1) is 0 Å². The first kappa shape index (κ1) is 13.3. The summed E-state index contributed by atoms with van der Waals surface area (Å²) in [5, 5.41) is 1.40. The minimum atomic E-state index is 0.698. The normalized spacial score (nSPS) is 9.72. The van der Waals surface area contributed by atoms with Gasteiger partial charge >= 0.3 is 0 Å². The molecule has 0 unspecified atom stereocenters. The van der Waals surface area contributed by atoms with E-state index in [1.807, 2.05) is 48.5 Å². The van der Waals surface area contributed by atoms with Crippen molar-refractivity contribution in [2.75, 3.05) is 0 Å². The van der Waals surface area contributed by atoms with Crippen molar-refractivity contribution in [1.82, 2.24) is 0 Å². The summed E-state index contributed by atoms with van der Waals surface area (Å²) in [5.74, 6) is 0. The zero-order chi connectivity index (χ0) is 13.0. The summed E-state index contributed by atoms with van der Waals surface area (Å²) in [4.78, 5) is 0. The lowest BCUT2D eigenvalue weighted by Crippen LogP contribution is -1.86. The molecule has 0 radical (unpaired) electrons. The average molecular weight is 296 g/mol. The molecule has 0 N–H and O–H groups in total. The van der Waals surface area contributed by atoms with Crippen LogP contribution >= 0.6 is 34.8 Å². The number of rotatable bonds is 2. The second-order valence-electron chi connectivity index (χ2n) is 3.64. The average Bonchev–Trinajstić information content (AvgIpc) is 2.39. The number of hydrogen-bond donors (Lipinski definition) is 0. The maximum atomic E-state index is 5.88. The summed E-state index contributed by atoms with van der Waals surface area (Å²) in [6.45, 7) is 0. The van der Waals surface area contributed by atoms with Crippen molar-refractivity contribution in [3.63, 3.8) is 0 Å². The fraction of sp³-hybridized carbons (Fsp3) is 0. The molecule has 0 aliphatic carbocycles. The van der Waals surface area contributed by atoms with Gasteiger partial charge in [-0.1, -0.05) is 64.8 Å². The molecule has 2 rings (SSSR count). The molecule has 90 valence electrons. The van der Waals surface area contributed by atoms with Gasteiger partial charge in [0.15, 0.2) is 0 Å². The standard InChI is InChI=1S/C15H9Cl3/c16-10-9-15(11-1-5-13(17)6-2-11)12-3-7-14(18)8-4-12/h1-8,10H. The lowest BCUT2D eigenvalue weighted by Gasteiger charge is -2.06. The van der Waals surface area contributed by atoms with Gasteiger partial charge in [0.1, 0.15) is 0 Å². The van der Waals surface area contributed by atoms with Gasteiger partial charge in [0, 0.05) is 21.2 Å². The molecule has 0 atom stereocenters. The van der Waals surface area contributed by atoms with Crippen LogP contribution in [0.4, 0.5) is 0 Å². The fourth-order valence-corrected chi connectivity index (χ4v) is 1.98. The third kappa shape index (κ3) is 3.19. The van der Waals surface area contributed by atoms with Gasteiger partial charge in [0.25, 0.3) is 0 Å². The van der Waals surface area contributed by atoms with E-state index in [4.69, 9.17) is 34.8 Å². The highest BCUT2D eigenvalue weighted by molar-refractivity contribution is 6.31. The quantitative estimate of drug-likeness (QED) is 0.616. The molecule has 3 heteroatoms. The van der Waals surface area contributed by atoms with Gasteiger partial charge < -0.3 is 0 Å². The van der Waals surface area contributed by atoms with Crippen molar-refractivity contribution in [3.8, 4) is 0 Å². The third-order valence-corrected chi connectivity index (χ3v) is 3.08. The van der Waals surface area contributed by atoms with E-state index >= 15 is 0 Å². The van der Waals surface area contributed by atoms with Crippen molar-refractivity contribution in [1.29, 1.82) is 0 Å². The van der Waals surface area contributed by atoms with Crippen molar-refractivity contribution in [2.45, 2.75) is 0 Å². The zero-order valence-electron chi connectivity index (χ0n) is 9.33. The van der Waals surface area contributed by atoms with Crippen LogP contribution in [0, 0.1) is 0 Å². The lowest BCUT2D eigenvalue weighted by atomic mass is 9.99. The molecule has 0 saturated carbocycles. The second-order valence-corrected chi connectivity index (χ2v) is 4.73. The molecular formula is C15H9Cl3. The molecule has 0 fully saturated rings. The molecule has 0 aromatic heterocycles. The monoisotopic (exact) mass is 294 g/mol. The van der Waals surface area contributed by atoms with Crippen molar-refractivity contribution < 1.29 is 0 Å². The van der Waals surface area contributed by atoms with Crippen LogP contribution in [0.5, 0.6) is 0 Å². The Hall–Kier alpha value is -1.17. The summed E-state index contributed by atoms with van der Waals surface area (Å²) in [5.41, 5.74) is 7.30. The molecule has 0 nitrogen and oxygen atoms in total. The Kier molecular flexibility index (Phi) is 4.52. The van der Waals surface area contributed by atoms with E-state index in [2.05, 4.69) is 5.73 Å². The largest absolute Gasteiger partial charge is 0.0993 e. The molecular weight excluding hydrogens is 287 g/mol. The maximum Gasteiger partial charge on any atom is 0.0469 e. The van der Waals surface area contributed by atoms with Crippen molar-refractivity contribution in [3.05, 3.63) is 81.0 Å². The lowest BCUT2D eigenvalue weighted by molar-refractivity contribution is 1.55. The Bertz CT molecular complexity index is 541. The Balaban J connectivity index is 2.50. The Morgan fingerprint density at radius 2 is 1.17 bits per heavy atom. The van der Waals surface area contributed by atoms with E-state index in [1.165, 1.54) is 5.54 Å². The maximum absolute atomic E-state index is 5.88. The topological polar surface area (TPSA) is 0 Å². The minimum Gasteiger partial charge on any atom is -0.0993 e. The van der Waals surface area contributed by atoms with Crippen LogP contribution in [-0.2, 0) is 0 Å². The molecule has 0 aliphatic heterocycles. The highest BCUT2D eigenvalue weighted by Gasteiger charge is 2.04. The zero-order valence-corrected chi connectivity index (χ0v) is 11.6. The molecule has 2 aromatic carbocycles. The molecule has 0 spiro atoms. The van der Waals surface area contributed by atoms with Crippen LogP contribution in [-0.4, -0.2) is 0 Å². The second kappa shape index (κ2) is 6.13. The smallest absolute Gasteiger partial charge is 0.0469 e. The van der Waals surface area contributed by atoms with E-state index in [1.54, 1.807) is 0 Å². The van der Waals surface area contributed by atoms with Gasteiger partial charge in [-0.2, -0.15) is 0 Å². The first-order valence-electron chi connectivity index (χ1n) is 5.28. The fourth-order valence-electron chi connectivity index (χ4n) is 1.62. The summed E-state index contributed by atoms with van der Waals surface area (Å²) < 4.78 is 0. The number of benzene rings is 2. The summed E-state index contributed by atoms with van der Waals surface area (Å²) in [7, 11) is 0. The Labute approximate surface area is 121 Å². The molecule has 2 aromatic rings. The van der Waals surface area contributed by atoms with Crippen LogP contribution in [0.25, 0.3) is 5.57 Å². The van der Waals surface area contributed by atoms with E-state index in [9.17, 15) is 0 Å². The predicted molar refractivity (Wildman–Crippen MR) is 79.3 cm³/mol. The molecule has 0 heterocycles. The molecule has 0 saturated heterocycles. The van der Waals surface area contributed by atoms with E-state index in [-0.39, 0.29) is 0 Å². The number of hydrogen-bond acceptors (Lipinski definition) is 0. The number of halogens is 3. The van der Waals surface area contributed by atoms with Crippen LogP contribution in [0.1, 0.15) is 11.1 Å². The molecule has 18 heavy (non-hydrogen) atoms. The van der Waals surface area contributed by atoms with E-state index < -0.39 is 0 Å². The van der Waals surface area contributed by atoms with E-state index in [0.717, 1.165) is 16.7 Å². The highest BCUT2D eigenvalue weighted by Crippen LogP contribution is 2.25. The van der Waals surface area contributed by atoms with Gasteiger partial charge in [-0.25, -0.2) is 0 Å². The van der Waals surface area contributed by atoms with Crippen LogP contribution in [0.2, 0.25) is 10.0 Å². The van der Waals surface area contributed by atoms with Crippen molar-refractivity contribution in [2.24, 2.45) is 0 Å². The van der Waals surface area contributed by atoms with E-state index in [0.29, 0.717) is 10.0 Å². The SMILES string of the molecule is ClC=C=C(c1ccc(Cl)cc1)c1ccc(Cl)cc1. The van der Waals surface area contributed by atoms with Gasteiger partial charge in [0.05, 0.1) is 0 Å². The van der Waals surface area contributed by atoms with Crippen LogP contribution in [0.3, 0.4) is 0 Å². The summed E-state index contributed by atoms with van der Waals surface area (Å²) in [6, 6.07) is 15.1. The van der Waals surface area contributed by atoms with Crippen LogP contribution < -0.4 is 0 Å². The minimum absolute atomic E-state index is 0.698. The molecule has 0 aliphatic rings.